The van der Waals surface area contributed by atoms with Gasteiger partial charge in [-0.25, -0.2) is 0 Å². The van der Waals surface area contributed by atoms with Crippen LogP contribution in [0.4, 0.5) is 0 Å². The molecule has 1 heteroatoms. The van der Waals surface area contributed by atoms with E-state index >= 15 is 0 Å². The van der Waals surface area contributed by atoms with Crippen molar-refractivity contribution in [2.75, 3.05) is 0 Å². The van der Waals surface area contributed by atoms with E-state index in [2.05, 4.69) is 36.2 Å². The molecule has 1 aromatic heterocycles. The van der Waals surface area contributed by atoms with Crippen molar-refractivity contribution in [3.63, 3.8) is 0 Å². The summed E-state index contributed by atoms with van der Waals surface area (Å²) in [5.41, 5.74) is 5.40. The van der Waals surface area contributed by atoms with E-state index in [9.17, 15) is 0 Å². The Morgan fingerprint density at radius 3 is 2.76 bits per heavy atom. The van der Waals surface area contributed by atoms with Gasteiger partial charge in [-0.2, -0.15) is 0 Å². The summed E-state index contributed by atoms with van der Waals surface area (Å²) in [6, 6.07) is 12.9. The largest absolute Gasteiger partial charge is 0.256 e. The molecule has 0 N–H and O–H groups in total. The number of nitrogens with zero attached hydrogens (tertiary/aromatic N) is 1. The van der Waals surface area contributed by atoms with E-state index in [1.54, 1.807) is 0 Å². The van der Waals surface area contributed by atoms with E-state index in [-0.39, 0.29) is 0 Å². The van der Waals surface area contributed by atoms with Gasteiger partial charge >= 0.3 is 0 Å². The molecule has 0 amide bonds. The van der Waals surface area contributed by atoms with Crippen molar-refractivity contribution in [3.8, 4) is 11.3 Å². The molecule has 0 fully saturated rings. The molecule has 0 radical (unpaired) electrons. The molecule has 3 rings (SSSR count). The molecule has 1 aromatic carbocycles. The Kier molecular flexibility index (Phi) is 2.68. The lowest BCUT2D eigenvalue weighted by atomic mass is 10.0. The normalized spacial score (nSPS) is 18.1. The summed E-state index contributed by atoms with van der Waals surface area (Å²) < 4.78 is 0. The van der Waals surface area contributed by atoms with Gasteiger partial charge in [-0.3, -0.25) is 4.98 Å². The van der Waals surface area contributed by atoms with Crippen LogP contribution in [0, 0.1) is 5.92 Å². The molecule has 17 heavy (non-hydrogen) atoms. The van der Waals surface area contributed by atoms with E-state index < -0.39 is 0 Å². The van der Waals surface area contributed by atoms with Gasteiger partial charge in [0.15, 0.2) is 0 Å². The van der Waals surface area contributed by atoms with Gasteiger partial charge in [0.25, 0.3) is 0 Å². The maximum atomic E-state index is 4.41. The average molecular weight is 223 g/mol. The van der Waals surface area contributed by atoms with Crippen molar-refractivity contribution in [1.82, 2.24) is 4.98 Å². The van der Waals surface area contributed by atoms with Crippen LogP contribution in [0.5, 0.6) is 0 Å². The third kappa shape index (κ3) is 1.97. The van der Waals surface area contributed by atoms with Crippen LogP contribution < -0.4 is 0 Å². The summed E-state index contributed by atoms with van der Waals surface area (Å²) in [5, 5.41) is 0. The fourth-order valence-corrected chi connectivity index (χ4v) is 2.69. The molecule has 0 aliphatic heterocycles. The standard InChI is InChI=1S/C16H17N/c1-2-12-9-13-6-7-14(11-15(13)10-12)16-5-3-4-8-17-16/h3-8,11-12H,2,9-10H2,1H3. The topological polar surface area (TPSA) is 12.9 Å². The average Bonchev–Trinajstić information content (AvgIpc) is 2.81. The minimum atomic E-state index is 0.851. The molecule has 1 atom stereocenters. The minimum Gasteiger partial charge on any atom is -0.256 e. The minimum absolute atomic E-state index is 0.851. The summed E-state index contributed by atoms with van der Waals surface area (Å²) in [7, 11) is 0. The Balaban J connectivity index is 1.96. The summed E-state index contributed by atoms with van der Waals surface area (Å²) >= 11 is 0. The Bertz CT molecular complexity index is 516. The van der Waals surface area contributed by atoms with Crippen LogP contribution in [0.3, 0.4) is 0 Å². The molecule has 0 bridgehead atoms. The van der Waals surface area contributed by atoms with E-state index in [0.29, 0.717) is 0 Å². The molecule has 0 saturated heterocycles. The monoisotopic (exact) mass is 223 g/mol. The van der Waals surface area contributed by atoms with Crippen molar-refractivity contribution in [2.24, 2.45) is 5.92 Å². The number of fused-ring (bicyclic) bond motifs is 1. The highest BCUT2D eigenvalue weighted by atomic mass is 14.7. The van der Waals surface area contributed by atoms with Crippen molar-refractivity contribution >= 4 is 0 Å². The van der Waals surface area contributed by atoms with Crippen LogP contribution in [0.2, 0.25) is 0 Å². The Morgan fingerprint density at radius 2 is 2.00 bits per heavy atom. The molecule has 1 nitrogen and oxygen atoms in total. The SMILES string of the molecule is CCC1Cc2ccc(-c3ccccn3)cc2C1. The second-order valence-electron chi connectivity index (χ2n) is 4.88. The van der Waals surface area contributed by atoms with Crippen LogP contribution >= 0.6 is 0 Å². The van der Waals surface area contributed by atoms with Crippen molar-refractivity contribution in [2.45, 2.75) is 26.2 Å². The quantitative estimate of drug-likeness (QED) is 0.753. The molecule has 86 valence electrons. The number of rotatable bonds is 2. The van der Waals surface area contributed by atoms with Crippen LogP contribution in [0.15, 0.2) is 42.6 Å². The Labute approximate surface area is 103 Å². The number of aromatic nitrogens is 1. The Morgan fingerprint density at radius 1 is 1.12 bits per heavy atom. The molecular weight excluding hydrogens is 206 g/mol. The molecule has 2 aromatic rings. The number of hydrogen-bond acceptors (Lipinski definition) is 1. The van der Waals surface area contributed by atoms with Crippen LogP contribution in [-0.4, -0.2) is 4.98 Å². The molecule has 1 aliphatic rings. The highest BCUT2D eigenvalue weighted by molar-refractivity contribution is 5.61. The summed E-state index contributed by atoms with van der Waals surface area (Å²) in [4.78, 5) is 4.41. The number of pyridine rings is 1. The van der Waals surface area contributed by atoms with Crippen molar-refractivity contribution in [3.05, 3.63) is 53.7 Å². The van der Waals surface area contributed by atoms with Gasteiger partial charge in [-0.05, 0) is 48.1 Å². The van der Waals surface area contributed by atoms with Gasteiger partial charge in [0.05, 0.1) is 5.69 Å². The molecule has 0 spiro atoms. The van der Waals surface area contributed by atoms with Gasteiger partial charge in [0.2, 0.25) is 0 Å². The zero-order valence-electron chi connectivity index (χ0n) is 10.2. The lowest BCUT2D eigenvalue weighted by Crippen LogP contribution is -1.95. The fraction of sp³-hybridized carbons (Fsp3) is 0.312. The van der Waals surface area contributed by atoms with Gasteiger partial charge in [0, 0.05) is 11.8 Å². The first-order valence-corrected chi connectivity index (χ1v) is 6.40. The van der Waals surface area contributed by atoms with E-state index in [4.69, 9.17) is 0 Å². The molecule has 0 saturated carbocycles. The van der Waals surface area contributed by atoms with E-state index in [1.165, 1.54) is 36.0 Å². The van der Waals surface area contributed by atoms with Crippen LogP contribution in [0.25, 0.3) is 11.3 Å². The second-order valence-corrected chi connectivity index (χ2v) is 4.88. The smallest absolute Gasteiger partial charge is 0.0702 e. The molecule has 1 unspecified atom stereocenters. The third-order valence-electron chi connectivity index (χ3n) is 3.76. The highest BCUT2D eigenvalue weighted by Crippen LogP contribution is 2.31. The van der Waals surface area contributed by atoms with Gasteiger partial charge in [0.1, 0.15) is 0 Å². The summed E-state index contributed by atoms with van der Waals surface area (Å²) in [5.74, 6) is 0.851. The lowest BCUT2D eigenvalue weighted by Gasteiger charge is -2.03. The maximum absolute atomic E-state index is 4.41. The van der Waals surface area contributed by atoms with Crippen LogP contribution in [0.1, 0.15) is 24.5 Å². The zero-order chi connectivity index (χ0) is 11.7. The predicted octanol–water partition coefficient (Wildman–Crippen LogP) is 3.87. The first-order chi connectivity index (χ1) is 8.36. The predicted molar refractivity (Wildman–Crippen MR) is 70.9 cm³/mol. The van der Waals surface area contributed by atoms with Gasteiger partial charge in [-0.15, -0.1) is 0 Å². The lowest BCUT2D eigenvalue weighted by molar-refractivity contribution is 0.543. The highest BCUT2D eigenvalue weighted by Gasteiger charge is 2.20. The summed E-state index contributed by atoms with van der Waals surface area (Å²) in [6.07, 6.45) is 5.64. The molecule has 1 aliphatic carbocycles. The van der Waals surface area contributed by atoms with Crippen molar-refractivity contribution < 1.29 is 0 Å². The molecule has 1 heterocycles. The molecular formula is C16H17N. The van der Waals surface area contributed by atoms with Crippen molar-refractivity contribution in [1.29, 1.82) is 0 Å². The first-order valence-electron chi connectivity index (χ1n) is 6.40. The second kappa shape index (κ2) is 4.33. The number of hydrogen-bond donors (Lipinski definition) is 0. The Hall–Kier alpha value is -1.63. The zero-order valence-corrected chi connectivity index (χ0v) is 10.2. The van der Waals surface area contributed by atoms with E-state index in [1.807, 2.05) is 18.3 Å². The van der Waals surface area contributed by atoms with Crippen LogP contribution in [-0.2, 0) is 12.8 Å². The first kappa shape index (κ1) is 10.5. The van der Waals surface area contributed by atoms with Gasteiger partial charge < -0.3 is 0 Å². The van der Waals surface area contributed by atoms with E-state index in [0.717, 1.165) is 11.6 Å². The summed E-state index contributed by atoms with van der Waals surface area (Å²) in [6.45, 7) is 2.29. The third-order valence-corrected chi connectivity index (χ3v) is 3.76. The maximum Gasteiger partial charge on any atom is 0.0702 e. The number of benzene rings is 1. The van der Waals surface area contributed by atoms with Gasteiger partial charge in [-0.1, -0.05) is 31.5 Å². The fourth-order valence-electron chi connectivity index (χ4n) is 2.69.